The summed E-state index contributed by atoms with van der Waals surface area (Å²) in [6, 6.07) is -2.31. The van der Waals surface area contributed by atoms with E-state index in [1.54, 1.807) is 0 Å². The van der Waals surface area contributed by atoms with Crippen molar-refractivity contribution in [3.63, 3.8) is 0 Å². The highest BCUT2D eigenvalue weighted by Gasteiger charge is 2.21. The highest BCUT2D eigenvalue weighted by atomic mass is 16.4. The fraction of sp³-hybridized carbons (Fsp3) is 0.714. The lowest BCUT2D eigenvalue weighted by Crippen LogP contribution is -2.41. The molecule has 0 spiro atoms. The van der Waals surface area contributed by atoms with Crippen molar-refractivity contribution in [1.29, 1.82) is 0 Å². The van der Waals surface area contributed by atoms with Gasteiger partial charge < -0.3 is 31.1 Å². The first-order valence-corrected chi connectivity index (χ1v) is 7.49. The molecule has 0 saturated heterocycles. The highest BCUT2D eigenvalue weighted by Crippen LogP contribution is 2.05. The molecule has 0 aromatic carbocycles. The second-order valence-corrected chi connectivity index (χ2v) is 5.59. The Hall–Kier alpha value is -2.20. The molecule has 0 aliphatic rings. The van der Waals surface area contributed by atoms with E-state index in [1.807, 2.05) is 6.92 Å². The molecule has 0 amide bonds. The molecule has 6 N–H and O–H groups in total. The number of rotatable bonds is 14. The minimum atomic E-state index is -1.23. The molecular weight excluding hydrogens is 324 g/mol. The van der Waals surface area contributed by atoms with Crippen LogP contribution < -0.4 is 10.6 Å². The van der Waals surface area contributed by atoms with Gasteiger partial charge in [0.15, 0.2) is 0 Å². The highest BCUT2D eigenvalue weighted by molar-refractivity contribution is 5.81. The smallest absolute Gasteiger partial charge is 0.321 e. The number of carboxylic acid groups (broad SMARTS) is 4. The molecule has 0 aromatic rings. The molecule has 3 atom stereocenters. The summed E-state index contributed by atoms with van der Waals surface area (Å²) in [7, 11) is 0. The number of aliphatic carboxylic acids is 4. The number of nitrogens with one attached hydrogen (secondary N) is 2. The van der Waals surface area contributed by atoms with Gasteiger partial charge >= 0.3 is 23.9 Å². The molecule has 10 nitrogen and oxygen atoms in total. The van der Waals surface area contributed by atoms with Gasteiger partial charge in [0, 0.05) is 0 Å². The second-order valence-electron chi connectivity index (χ2n) is 5.59. The molecule has 0 radical (unpaired) electrons. The number of hydrogen-bond donors (Lipinski definition) is 6. The third-order valence-electron chi connectivity index (χ3n) is 3.33. The monoisotopic (exact) mass is 348 g/mol. The predicted octanol–water partition coefficient (Wildman–Crippen LogP) is -0.562. The lowest BCUT2D eigenvalue weighted by molar-refractivity contribution is -0.146. The Morgan fingerprint density at radius 1 is 0.833 bits per heavy atom. The van der Waals surface area contributed by atoms with Crippen LogP contribution in [-0.4, -0.2) is 69.5 Å². The van der Waals surface area contributed by atoms with Gasteiger partial charge in [-0.1, -0.05) is 6.92 Å². The Morgan fingerprint density at radius 3 is 1.71 bits per heavy atom. The van der Waals surface area contributed by atoms with E-state index >= 15 is 0 Å². The lowest BCUT2D eigenvalue weighted by atomic mass is 10.0. The van der Waals surface area contributed by atoms with E-state index < -0.39 is 48.8 Å². The fourth-order valence-corrected chi connectivity index (χ4v) is 2.02. The first-order valence-electron chi connectivity index (χ1n) is 7.49. The minimum absolute atomic E-state index is 0.0465. The standard InChI is InChI=1S/C14H24N2O8/c1-8(7-16-10(14(23)24)6-12(19)20)3-2-4-15-9(13(21)22)5-11(17)18/h8-10,15-16H,2-7H2,1H3,(H,17,18)(H,19,20)(H,21,22)(H,23,24). The molecule has 10 heteroatoms. The van der Waals surface area contributed by atoms with Gasteiger partial charge in [-0.05, 0) is 31.8 Å². The topological polar surface area (TPSA) is 173 Å². The Balaban J connectivity index is 4.06. The molecule has 24 heavy (non-hydrogen) atoms. The number of carbonyl (C=O) groups is 4. The van der Waals surface area contributed by atoms with Crippen molar-refractivity contribution in [2.24, 2.45) is 5.92 Å². The third kappa shape index (κ3) is 10.5. The summed E-state index contributed by atoms with van der Waals surface area (Å²) >= 11 is 0. The van der Waals surface area contributed by atoms with Crippen LogP contribution in [0.3, 0.4) is 0 Å². The minimum Gasteiger partial charge on any atom is -0.481 e. The van der Waals surface area contributed by atoms with Crippen molar-refractivity contribution in [3.8, 4) is 0 Å². The van der Waals surface area contributed by atoms with E-state index in [0.717, 1.165) is 0 Å². The first kappa shape index (κ1) is 21.8. The van der Waals surface area contributed by atoms with Gasteiger partial charge in [0.25, 0.3) is 0 Å². The Morgan fingerprint density at radius 2 is 1.29 bits per heavy atom. The van der Waals surface area contributed by atoms with E-state index in [-0.39, 0.29) is 5.92 Å². The van der Waals surface area contributed by atoms with Gasteiger partial charge in [-0.25, -0.2) is 0 Å². The SMILES string of the molecule is CC(CCCNC(CC(=O)O)C(=O)O)CNC(CC(=O)O)C(=O)O. The summed E-state index contributed by atoms with van der Waals surface area (Å²) in [4.78, 5) is 42.8. The van der Waals surface area contributed by atoms with Gasteiger partial charge in [-0.15, -0.1) is 0 Å². The van der Waals surface area contributed by atoms with E-state index in [4.69, 9.17) is 20.4 Å². The van der Waals surface area contributed by atoms with Crippen molar-refractivity contribution in [1.82, 2.24) is 10.6 Å². The maximum absolute atomic E-state index is 10.9. The van der Waals surface area contributed by atoms with Crippen LogP contribution in [0.4, 0.5) is 0 Å². The molecule has 138 valence electrons. The quantitative estimate of drug-likeness (QED) is 0.223. The van der Waals surface area contributed by atoms with Crippen LogP contribution in [0.1, 0.15) is 32.6 Å². The zero-order chi connectivity index (χ0) is 18.7. The zero-order valence-electron chi connectivity index (χ0n) is 13.4. The fourth-order valence-electron chi connectivity index (χ4n) is 2.02. The van der Waals surface area contributed by atoms with Gasteiger partial charge in [-0.2, -0.15) is 0 Å². The summed E-state index contributed by atoms with van der Waals surface area (Å²) in [6.45, 7) is 2.46. The zero-order valence-corrected chi connectivity index (χ0v) is 13.4. The molecular formula is C14H24N2O8. The van der Waals surface area contributed by atoms with Crippen LogP contribution in [0.5, 0.6) is 0 Å². The van der Waals surface area contributed by atoms with E-state index in [9.17, 15) is 19.2 Å². The Labute approximate surface area is 138 Å². The molecule has 3 unspecified atom stereocenters. The van der Waals surface area contributed by atoms with Crippen molar-refractivity contribution >= 4 is 23.9 Å². The molecule has 0 aromatic heterocycles. The van der Waals surface area contributed by atoms with Crippen molar-refractivity contribution in [2.45, 2.75) is 44.7 Å². The van der Waals surface area contributed by atoms with Gasteiger partial charge in [0.2, 0.25) is 0 Å². The Bertz CT molecular complexity index is 454. The maximum Gasteiger partial charge on any atom is 0.321 e. The molecule has 0 heterocycles. The number of hydrogen-bond acceptors (Lipinski definition) is 6. The summed E-state index contributed by atoms with van der Waals surface area (Å²) in [5.74, 6) is -4.82. The summed E-state index contributed by atoms with van der Waals surface area (Å²) in [6.07, 6.45) is 0.183. The van der Waals surface area contributed by atoms with Crippen molar-refractivity contribution in [3.05, 3.63) is 0 Å². The molecule has 0 aliphatic heterocycles. The largest absolute Gasteiger partial charge is 0.481 e. The third-order valence-corrected chi connectivity index (χ3v) is 3.33. The van der Waals surface area contributed by atoms with Crippen LogP contribution in [0.25, 0.3) is 0 Å². The van der Waals surface area contributed by atoms with Gasteiger partial charge in [-0.3, -0.25) is 19.2 Å². The van der Waals surface area contributed by atoms with Crippen LogP contribution in [0.2, 0.25) is 0 Å². The first-order chi connectivity index (χ1) is 11.1. The Kier molecular flexibility index (Phi) is 10.3. The molecule has 0 saturated carbocycles. The van der Waals surface area contributed by atoms with E-state index in [2.05, 4.69) is 10.6 Å². The van der Waals surface area contributed by atoms with Crippen LogP contribution in [0.15, 0.2) is 0 Å². The average molecular weight is 348 g/mol. The molecule has 0 rings (SSSR count). The van der Waals surface area contributed by atoms with Crippen LogP contribution >= 0.6 is 0 Å². The number of carboxylic acids is 4. The normalized spacial score (nSPS) is 14.5. The molecule has 0 fully saturated rings. The lowest BCUT2D eigenvalue weighted by Gasteiger charge is -2.17. The van der Waals surface area contributed by atoms with Crippen molar-refractivity contribution in [2.75, 3.05) is 13.1 Å². The molecule has 0 aliphatic carbocycles. The summed E-state index contributed by atoms with van der Waals surface area (Å²) in [5.41, 5.74) is 0. The van der Waals surface area contributed by atoms with Crippen LogP contribution in [-0.2, 0) is 19.2 Å². The second kappa shape index (κ2) is 11.4. The average Bonchev–Trinajstić information content (AvgIpc) is 2.45. The van der Waals surface area contributed by atoms with Gasteiger partial charge in [0.05, 0.1) is 12.8 Å². The van der Waals surface area contributed by atoms with E-state index in [0.29, 0.717) is 25.9 Å². The predicted molar refractivity (Wildman–Crippen MR) is 81.8 cm³/mol. The van der Waals surface area contributed by atoms with Crippen molar-refractivity contribution < 1.29 is 39.6 Å². The summed E-state index contributed by atoms with van der Waals surface area (Å²) < 4.78 is 0. The molecule has 0 bridgehead atoms. The van der Waals surface area contributed by atoms with Gasteiger partial charge in [0.1, 0.15) is 12.1 Å². The van der Waals surface area contributed by atoms with E-state index in [1.165, 1.54) is 0 Å². The summed E-state index contributed by atoms with van der Waals surface area (Å²) in [5, 5.41) is 40.3. The maximum atomic E-state index is 10.9. The van der Waals surface area contributed by atoms with Crippen LogP contribution in [0, 0.1) is 5.92 Å².